The Balaban J connectivity index is 1.13. The van der Waals surface area contributed by atoms with E-state index in [2.05, 4.69) is 102 Å². The van der Waals surface area contributed by atoms with Crippen molar-refractivity contribution in [3.05, 3.63) is 140 Å². The van der Waals surface area contributed by atoms with E-state index in [4.69, 9.17) is 14.4 Å². The predicted molar refractivity (Wildman–Crippen MR) is 195 cm³/mol. The lowest BCUT2D eigenvalue weighted by atomic mass is 9.95. The second-order valence-corrected chi connectivity index (χ2v) is 11.6. The molecule has 0 fully saturated rings. The number of hydrogen-bond acceptors (Lipinski definition) is 5. The maximum atomic E-state index is 6.48. The summed E-state index contributed by atoms with van der Waals surface area (Å²) < 4.78 is 6.48. The van der Waals surface area contributed by atoms with Crippen LogP contribution in [-0.4, -0.2) is 21.7 Å². The number of benzene rings is 5. The van der Waals surface area contributed by atoms with Crippen molar-refractivity contribution in [1.82, 2.24) is 15.0 Å². The van der Waals surface area contributed by atoms with E-state index in [-0.39, 0.29) is 0 Å². The van der Waals surface area contributed by atoms with Crippen LogP contribution in [0.1, 0.15) is 5.56 Å². The Labute approximate surface area is 270 Å². The number of nitrogens with zero attached hydrogens (tertiary/aromatic N) is 4. The molecule has 5 aromatic carbocycles. The fraction of sp³-hybridized carbons (Fsp3) is 0. The average Bonchev–Trinajstić information content (AvgIpc) is 3.52. The van der Waals surface area contributed by atoms with E-state index in [9.17, 15) is 0 Å². The van der Waals surface area contributed by atoms with Crippen LogP contribution in [0, 0.1) is 0 Å². The van der Waals surface area contributed by atoms with E-state index in [1.165, 1.54) is 0 Å². The van der Waals surface area contributed by atoms with Crippen LogP contribution < -0.4 is 0 Å². The Kier molecular flexibility index (Phi) is 6.05. The smallest absolute Gasteiger partial charge is 0.144 e. The van der Waals surface area contributed by atoms with E-state index in [0.29, 0.717) is 0 Å². The van der Waals surface area contributed by atoms with Crippen molar-refractivity contribution in [1.29, 1.82) is 0 Å². The fourth-order valence-corrected chi connectivity index (χ4v) is 6.79. The first kappa shape index (κ1) is 26.9. The monoisotopic (exact) mass is 602 g/mol. The van der Waals surface area contributed by atoms with Gasteiger partial charge in [0.25, 0.3) is 0 Å². The van der Waals surface area contributed by atoms with Crippen LogP contribution >= 0.6 is 0 Å². The molecular formula is C42H26N4O. The second-order valence-electron chi connectivity index (χ2n) is 11.6. The highest BCUT2D eigenvalue weighted by molar-refractivity contribution is 6.24. The summed E-state index contributed by atoms with van der Waals surface area (Å²) in [5.74, 6) is 0. The predicted octanol–water partition coefficient (Wildman–Crippen LogP) is 11.2. The van der Waals surface area contributed by atoms with Crippen LogP contribution in [0.3, 0.4) is 0 Å². The van der Waals surface area contributed by atoms with Gasteiger partial charge in [-0.3, -0.25) is 15.0 Å². The Hall–Kier alpha value is -6.46. The lowest BCUT2D eigenvalue weighted by Gasteiger charge is -2.13. The van der Waals surface area contributed by atoms with Crippen LogP contribution in [-0.2, 0) is 0 Å². The average molecular weight is 603 g/mol. The van der Waals surface area contributed by atoms with Gasteiger partial charge in [-0.2, -0.15) is 0 Å². The van der Waals surface area contributed by atoms with Gasteiger partial charge in [0.1, 0.15) is 11.2 Å². The molecule has 0 saturated heterocycles. The van der Waals surface area contributed by atoms with Gasteiger partial charge in [-0.25, -0.2) is 4.98 Å². The number of furan rings is 1. The summed E-state index contributed by atoms with van der Waals surface area (Å²) in [5.41, 5.74) is 10.9. The molecule has 9 rings (SSSR count). The maximum Gasteiger partial charge on any atom is 0.144 e. The van der Waals surface area contributed by atoms with Gasteiger partial charge >= 0.3 is 0 Å². The summed E-state index contributed by atoms with van der Waals surface area (Å²) in [6, 6.07) is 39.5. The Morgan fingerprint density at radius 3 is 2.26 bits per heavy atom. The second kappa shape index (κ2) is 10.6. The van der Waals surface area contributed by atoms with E-state index in [0.717, 1.165) is 99.4 Å². The molecule has 0 aliphatic carbocycles. The minimum absolute atomic E-state index is 0.726. The van der Waals surface area contributed by atoms with Gasteiger partial charge in [0.15, 0.2) is 0 Å². The summed E-state index contributed by atoms with van der Waals surface area (Å²) in [6.45, 7) is 7.84. The normalized spacial score (nSPS) is 11.6. The zero-order valence-electron chi connectivity index (χ0n) is 25.3. The molecule has 0 atom stereocenters. The molecule has 9 aromatic rings. The van der Waals surface area contributed by atoms with E-state index in [1.807, 2.05) is 48.7 Å². The molecule has 0 N–H and O–H groups in total. The zero-order valence-corrected chi connectivity index (χ0v) is 25.3. The van der Waals surface area contributed by atoms with Crippen molar-refractivity contribution in [3.63, 3.8) is 0 Å². The van der Waals surface area contributed by atoms with Crippen molar-refractivity contribution in [2.45, 2.75) is 0 Å². The van der Waals surface area contributed by atoms with Crippen molar-refractivity contribution < 1.29 is 4.42 Å². The maximum absolute atomic E-state index is 6.48. The van der Waals surface area contributed by atoms with E-state index < -0.39 is 0 Å². The van der Waals surface area contributed by atoms with E-state index >= 15 is 0 Å². The lowest BCUT2D eigenvalue weighted by molar-refractivity contribution is 0.673. The van der Waals surface area contributed by atoms with Gasteiger partial charge in [-0.15, -0.1) is 0 Å². The van der Waals surface area contributed by atoms with Gasteiger partial charge in [0.05, 0.1) is 28.1 Å². The largest absolute Gasteiger partial charge is 0.455 e. The fourth-order valence-electron chi connectivity index (χ4n) is 6.79. The number of rotatable bonds is 5. The molecule has 47 heavy (non-hydrogen) atoms. The summed E-state index contributed by atoms with van der Waals surface area (Å²) in [6.07, 6.45) is 5.48. The number of para-hydroxylation sites is 2. The summed E-state index contributed by atoms with van der Waals surface area (Å²) in [4.78, 5) is 18.8. The number of fused-ring (bicyclic) bond motifs is 8. The molecule has 0 saturated carbocycles. The summed E-state index contributed by atoms with van der Waals surface area (Å²) in [7, 11) is 0. The molecule has 0 spiro atoms. The number of aromatic nitrogens is 3. The Morgan fingerprint density at radius 2 is 1.45 bits per heavy atom. The Morgan fingerprint density at radius 1 is 0.681 bits per heavy atom. The first-order valence-corrected chi connectivity index (χ1v) is 15.4. The van der Waals surface area contributed by atoms with Crippen molar-refractivity contribution in [3.8, 4) is 33.6 Å². The molecule has 0 unspecified atom stereocenters. The van der Waals surface area contributed by atoms with Gasteiger partial charge in [0, 0.05) is 67.0 Å². The van der Waals surface area contributed by atoms with E-state index in [1.54, 1.807) is 6.20 Å². The van der Waals surface area contributed by atoms with Crippen LogP contribution in [0.4, 0.5) is 5.69 Å². The van der Waals surface area contributed by atoms with Gasteiger partial charge in [-0.05, 0) is 48.7 Å². The SMILES string of the molecule is C=Cc1c(-c2ccc(-c3ccc(-c4nc5ccccc5c5c4ccc4c6ccccc6oc45)cc3)nc2)cc2cccnc2c1N=C. The standard InChI is InChI=1S/C42H26N4O/c1-3-29-34(23-27-9-8-22-44-40(27)41(29)43-2)28-18-21-35(45-24-28)25-14-16-26(17-15-25)39-33-20-19-31-30-10-5-7-13-37(30)47-42(31)38(33)32-11-4-6-12-36(32)46-39/h3-24H,1-2H2. The molecule has 0 aliphatic heterocycles. The first-order valence-electron chi connectivity index (χ1n) is 15.4. The van der Waals surface area contributed by atoms with Crippen LogP contribution in [0.5, 0.6) is 0 Å². The topological polar surface area (TPSA) is 64.2 Å². The van der Waals surface area contributed by atoms with Crippen LogP contribution in [0.15, 0.2) is 144 Å². The molecule has 0 radical (unpaired) electrons. The highest BCUT2D eigenvalue weighted by atomic mass is 16.3. The van der Waals surface area contributed by atoms with Crippen molar-refractivity contribution in [2.75, 3.05) is 0 Å². The number of aliphatic imine (C=N–C) groups is 1. The third-order valence-electron chi connectivity index (χ3n) is 9.01. The minimum Gasteiger partial charge on any atom is -0.455 e. The molecule has 0 bridgehead atoms. The molecular weight excluding hydrogens is 576 g/mol. The van der Waals surface area contributed by atoms with Crippen molar-refractivity contribution in [2.24, 2.45) is 4.99 Å². The molecule has 220 valence electrons. The molecule has 5 heteroatoms. The molecule has 4 heterocycles. The Bertz CT molecular complexity index is 2710. The number of hydrogen-bond donors (Lipinski definition) is 0. The quantitative estimate of drug-likeness (QED) is 0.145. The molecule has 5 nitrogen and oxygen atoms in total. The zero-order chi connectivity index (χ0) is 31.5. The third kappa shape index (κ3) is 4.17. The molecule has 4 aromatic heterocycles. The summed E-state index contributed by atoms with van der Waals surface area (Å²) in [5, 5.41) is 6.44. The first-order chi connectivity index (χ1) is 23.2. The number of pyridine rings is 3. The molecule has 0 aliphatic rings. The van der Waals surface area contributed by atoms with Crippen LogP contribution in [0.2, 0.25) is 0 Å². The summed E-state index contributed by atoms with van der Waals surface area (Å²) >= 11 is 0. The highest BCUT2D eigenvalue weighted by Gasteiger charge is 2.18. The molecule has 0 amide bonds. The van der Waals surface area contributed by atoms with Crippen molar-refractivity contribution >= 4 is 73.0 Å². The lowest BCUT2D eigenvalue weighted by Crippen LogP contribution is -1.92. The van der Waals surface area contributed by atoms with Gasteiger partial charge in [0.2, 0.25) is 0 Å². The van der Waals surface area contributed by atoms with Crippen LogP contribution in [0.25, 0.3) is 94.2 Å². The minimum atomic E-state index is 0.726. The highest BCUT2D eigenvalue weighted by Crippen LogP contribution is 2.41. The third-order valence-corrected chi connectivity index (χ3v) is 9.01. The van der Waals surface area contributed by atoms with Gasteiger partial charge < -0.3 is 4.42 Å². The van der Waals surface area contributed by atoms with Gasteiger partial charge in [-0.1, -0.05) is 91.5 Å².